The van der Waals surface area contributed by atoms with Gasteiger partial charge in [0.15, 0.2) is 0 Å². The van der Waals surface area contributed by atoms with Crippen molar-refractivity contribution in [1.29, 1.82) is 0 Å². The second-order valence-electron chi connectivity index (χ2n) is 6.51. The summed E-state index contributed by atoms with van der Waals surface area (Å²) >= 11 is 0. The molecule has 0 spiro atoms. The van der Waals surface area contributed by atoms with E-state index in [1.807, 2.05) is 12.3 Å². The smallest absolute Gasteiger partial charge is 0.220 e. The monoisotopic (exact) mass is 441 g/mol. The van der Waals surface area contributed by atoms with Crippen LogP contribution in [0.15, 0.2) is 18.3 Å². The highest BCUT2D eigenvalue weighted by atomic mass is 35.5. The average molecular weight is 443 g/mol. The summed E-state index contributed by atoms with van der Waals surface area (Å²) in [4.78, 5) is 21.2. The van der Waals surface area contributed by atoms with E-state index in [4.69, 9.17) is 5.73 Å². The van der Waals surface area contributed by atoms with Crippen LogP contribution in [-0.4, -0.2) is 55.6 Å². The van der Waals surface area contributed by atoms with Crippen LogP contribution in [0.4, 0.5) is 5.82 Å². The van der Waals surface area contributed by atoms with Crippen LogP contribution >= 0.6 is 37.2 Å². The molecule has 27 heavy (non-hydrogen) atoms. The minimum absolute atomic E-state index is 0. The Labute approximate surface area is 181 Å². The van der Waals surface area contributed by atoms with Gasteiger partial charge in [-0.15, -0.1) is 37.2 Å². The van der Waals surface area contributed by atoms with Gasteiger partial charge in [-0.25, -0.2) is 4.98 Å². The Morgan fingerprint density at radius 1 is 1.11 bits per heavy atom. The lowest BCUT2D eigenvalue weighted by atomic mass is 10.1. The SMILES string of the molecule is CN1CCN(c2ncccc2CNC(=O)CCCCCCN)CC1.Cl.Cl.Cl. The van der Waals surface area contributed by atoms with E-state index in [9.17, 15) is 4.79 Å². The lowest BCUT2D eigenvalue weighted by molar-refractivity contribution is -0.121. The van der Waals surface area contributed by atoms with Crippen LogP contribution in [0.3, 0.4) is 0 Å². The highest BCUT2D eigenvalue weighted by Gasteiger charge is 2.18. The summed E-state index contributed by atoms with van der Waals surface area (Å²) in [6.45, 7) is 5.35. The van der Waals surface area contributed by atoms with Crippen LogP contribution in [0.25, 0.3) is 0 Å². The van der Waals surface area contributed by atoms with Gasteiger partial charge >= 0.3 is 0 Å². The molecule has 0 atom stereocenters. The van der Waals surface area contributed by atoms with E-state index in [1.54, 1.807) is 0 Å². The van der Waals surface area contributed by atoms with Crippen molar-refractivity contribution in [3.63, 3.8) is 0 Å². The maximum absolute atomic E-state index is 12.0. The number of carbonyl (C=O) groups is 1. The summed E-state index contributed by atoms with van der Waals surface area (Å²) in [5, 5.41) is 3.04. The quantitative estimate of drug-likeness (QED) is 0.575. The van der Waals surface area contributed by atoms with Crippen molar-refractivity contribution >= 4 is 48.9 Å². The highest BCUT2D eigenvalue weighted by molar-refractivity contribution is 5.86. The minimum atomic E-state index is 0. The van der Waals surface area contributed by atoms with Crippen LogP contribution in [0, 0.1) is 0 Å². The number of halogens is 3. The first-order valence-electron chi connectivity index (χ1n) is 9.05. The topological polar surface area (TPSA) is 74.5 Å². The zero-order valence-corrected chi connectivity index (χ0v) is 18.5. The van der Waals surface area contributed by atoms with Crippen molar-refractivity contribution in [3.8, 4) is 0 Å². The summed E-state index contributed by atoms with van der Waals surface area (Å²) in [6.07, 6.45) is 6.59. The van der Waals surface area contributed by atoms with Crippen LogP contribution in [0.1, 0.15) is 37.7 Å². The molecule has 0 saturated carbocycles. The Kier molecular flexibility index (Phi) is 17.0. The molecule has 0 aromatic carbocycles. The number of likely N-dealkylation sites (N-methyl/N-ethyl adjacent to an activating group) is 1. The third kappa shape index (κ3) is 10.4. The van der Waals surface area contributed by atoms with E-state index in [0.717, 1.165) is 69.8 Å². The van der Waals surface area contributed by atoms with E-state index >= 15 is 0 Å². The molecule has 1 amide bonds. The first kappa shape index (κ1) is 28.4. The Bertz CT molecular complexity index is 514. The fourth-order valence-electron chi connectivity index (χ4n) is 2.94. The molecule has 9 heteroatoms. The molecule has 158 valence electrons. The largest absolute Gasteiger partial charge is 0.354 e. The maximum atomic E-state index is 12.0. The molecular formula is C18H34Cl3N5O. The van der Waals surface area contributed by atoms with Gasteiger partial charge in [0.25, 0.3) is 0 Å². The maximum Gasteiger partial charge on any atom is 0.220 e. The Hall–Kier alpha value is -0.790. The summed E-state index contributed by atoms with van der Waals surface area (Å²) < 4.78 is 0. The predicted octanol–water partition coefficient (Wildman–Crippen LogP) is 2.62. The van der Waals surface area contributed by atoms with Gasteiger partial charge in [0.2, 0.25) is 5.91 Å². The summed E-state index contributed by atoms with van der Waals surface area (Å²) in [5.74, 6) is 1.13. The normalized spacial score (nSPS) is 13.8. The van der Waals surface area contributed by atoms with Crippen LogP contribution in [0.5, 0.6) is 0 Å². The number of rotatable bonds is 9. The van der Waals surface area contributed by atoms with Gasteiger partial charge in [-0.05, 0) is 32.5 Å². The first-order valence-corrected chi connectivity index (χ1v) is 9.05. The molecule has 1 aliphatic heterocycles. The number of amides is 1. The van der Waals surface area contributed by atoms with Gasteiger partial charge in [0.05, 0.1) is 0 Å². The third-order valence-corrected chi connectivity index (χ3v) is 4.50. The van der Waals surface area contributed by atoms with Crippen molar-refractivity contribution in [3.05, 3.63) is 23.9 Å². The zero-order chi connectivity index (χ0) is 17.2. The lowest BCUT2D eigenvalue weighted by Gasteiger charge is -2.34. The molecule has 1 saturated heterocycles. The molecule has 1 aliphatic rings. The van der Waals surface area contributed by atoms with Crippen molar-refractivity contribution in [2.24, 2.45) is 5.73 Å². The number of unbranched alkanes of at least 4 members (excludes halogenated alkanes) is 3. The number of nitrogens with one attached hydrogen (secondary N) is 1. The van der Waals surface area contributed by atoms with Crippen molar-refractivity contribution in [2.45, 2.75) is 38.6 Å². The summed E-state index contributed by atoms with van der Waals surface area (Å²) in [6, 6.07) is 4.00. The number of aromatic nitrogens is 1. The fraction of sp³-hybridized carbons (Fsp3) is 0.667. The molecule has 3 N–H and O–H groups in total. The van der Waals surface area contributed by atoms with E-state index in [-0.39, 0.29) is 43.1 Å². The van der Waals surface area contributed by atoms with E-state index in [0.29, 0.717) is 13.0 Å². The number of nitrogens with zero attached hydrogens (tertiary/aromatic N) is 3. The molecular weight excluding hydrogens is 409 g/mol. The number of hydrogen-bond acceptors (Lipinski definition) is 5. The Balaban J connectivity index is 0. The van der Waals surface area contributed by atoms with E-state index in [1.165, 1.54) is 0 Å². The molecule has 1 fully saturated rings. The van der Waals surface area contributed by atoms with Gasteiger partial charge in [0, 0.05) is 50.9 Å². The molecule has 1 aromatic rings. The summed E-state index contributed by atoms with van der Waals surface area (Å²) in [5.41, 5.74) is 6.57. The molecule has 1 aromatic heterocycles. The van der Waals surface area contributed by atoms with Gasteiger partial charge in [-0.2, -0.15) is 0 Å². The Morgan fingerprint density at radius 2 is 1.78 bits per heavy atom. The predicted molar refractivity (Wildman–Crippen MR) is 120 cm³/mol. The molecule has 2 heterocycles. The minimum Gasteiger partial charge on any atom is -0.354 e. The van der Waals surface area contributed by atoms with Crippen molar-refractivity contribution in [1.82, 2.24) is 15.2 Å². The highest BCUT2D eigenvalue weighted by Crippen LogP contribution is 2.18. The fourth-order valence-corrected chi connectivity index (χ4v) is 2.94. The Morgan fingerprint density at radius 3 is 2.44 bits per heavy atom. The number of anilines is 1. The first-order chi connectivity index (χ1) is 11.7. The molecule has 6 nitrogen and oxygen atoms in total. The lowest BCUT2D eigenvalue weighted by Crippen LogP contribution is -2.45. The second kappa shape index (κ2) is 16.2. The number of piperazine rings is 1. The molecule has 0 aliphatic carbocycles. The van der Waals surface area contributed by atoms with Crippen molar-refractivity contribution < 1.29 is 4.79 Å². The third-order valence-electron chi connectivity index (χ3n) is 4.50. The summed E-state index contributed by atoms with van der Waals surface area (Å²) in [7, 11) is 2.14. The van der Waals surface area contributed by atoms with Gasteiger partial charge in [-0.1, -0.05) is 18.9 Å². The van der Waals surface area contributed by atoms with Crippen LogP contribution in [0.2, 0.25) is 0 Å². The molecule has 0 bridgehead atoms. The van der Waals surface area contributed by atoms with Gasteiger partial charge in [-0.3, -0.25) is 4.79 Å². The standard InChI is InChI=1S/C18H31N5O.3ClH/c1-22-11-13-23(14-12-22)18-16(7-6-10-20-18)15-21-17(24)8-4-2-3-5-9-19;;;/h6-7,10H,2-5,8-9,11-15,19H2,1H3,(H,21,24);3*1H. The van der Waals surface area contributed by atoms with Crippen LogP contribution < -0.4 is 16.0 Å². The van der Waals surface area contributed by atoms with Crippen LogP contribution in [-0.2, 0) is 11.3 Å². The number of hydrogen-bond donors (Lipinski definition) is 2. The van der Waals surface area contributed by atoms with Crippen molar-refractivity contribution in [2.75, 3.05) is 44.7 Å². The van der Waals surface area contributed by atoms with E-state index in [2.05, 4.69) is 33.2 Å². The van der Waals surface area contributed by atoms with Gasteiger partial charge in [0.1, 0.15) is 5.82 Å². The van der Waals surface area contributed by atoms with E-state index < -0.39 is 0 Å². The number of carbonyl (C=O) groups excluding carboxylic acids is 1. The molecule has 0 unspecified atom stereocenters. The van der Waals surface area contributed by atoms with Gasteiger partial charge < -0.3 is 20.9 Å². The molecule has 0 radical (unpaired) electrons. The zero-order valence-electron chi connectivity index (χ0n) is 16.1. The second-order valence-corrected chi connectivity index (χ2v) is 6.51. The average Bonchev–Trinajstić information content (AvgIpc) is 2.61. The number of nitrogens with two attached hydrogens (primary N) is 1. The number of pyridine rings is 1. The molecule has 2 rings (SSSR count).